The van der Waals surface area contributed by atoms with E-state index in [9.17, 15) is 14.0 Å². The summed E-state index contributed by atoms with van der Waals surface area (Å²) in [5.74, 6) is -1.37. The molecule has 0 radical (unpaired) electrons. The number of hydrogen-bond donors (Lipinski definition) is 2. The van der Waals surface area contributed by atoms with Crippen molar-refractivity contribution in [1.82, 2.24) is 4.98 Å². The SMILES string of the molecule is O=C1Cc2cc(NC(=O)c3ccnc(F)c3)c(Cl)cc2N1. The molecule has 21 heavy (non-hydrogen) atoms. The van der Waals surface area contributed by atoms with E-state index in [-0.39, 0.29) is 17.9 Å². The van der Waals surface area contributed by atoms with Crippen molar-refractivity contribution in [2.24, 2.45) is 0 Å². The van der Waals surface area contributed by atoms with Crippen LogP contribution in [0.25, 0.3) is 0 Å². The molecule has 0 fully saturated rings. The van der Waals surface area contributed by atoms with Gasteiger partial charge in [0.05, 0.1) is 17.1 Å². The summed E-state index contributed by atoms with van der Waals surface area (Å²) in [6.45, 7) is 0. The topological polar surface area (TPSA) is 71.1 Å². The van der Waals surface area contributed by atoms with E-state index < -0.39 is 11.9 Å². The zero-order valence-electron chi connectivity index (χ0n) is 10.6. The van der Waals surface area contributed by atoms with Crippen LogP contribution in [0.3, 0.4) is 0 Å². The van der Waals surface area contributed by atoms with Crippen LogP contribution >= 0.6 is 11.6 Å². The molecule has 106 valence electrons. The molecular formula is C14H9ClFN3O2. The molecule has 2 aromatic rings. The van der Waals surface area contributed by atoms with Crippen LogP contribution in [0.2, 0.25) is 5.02 Å². The molecule has 0 spiro atoms. The van der Waals surface area contributed by atoms with Gasteiger partial charge in [-0.15, -0.1) is 0 Å². The molecule has 2 amide bonds. The van der Waals surface area contributed by atoms with Gasteiger partial charge < -0.3 is 10.6 Å². The summed E-state index contributed by atoms with van der Waals surface area (Å²) in [5.41, 5.74) is 1.89. The lowest BCUT2D eigenvalue weighted by Crippen LogP contribution is -2.13. The number of amides is 2. The minimum absolute atomic E-state index is 0.124. The Labute approximate surface area is 124 Å². The number of hydrogen-bond acceptors (Lipinski definition) is 3. The first-order valence-corrected chi connectivity index (χ1v) is 6.46. The molecular weight excluding hydrogens is 297 g/mol. The van der Waals surface area contributed by atoms with E-state index >= 15 is 0 Å². The van der Waals surface area contributed by atoms with Crippen molar-refractivity contribution in [2.75, 3.05) is 10.6 Å². The van der Waals surface area contributed by atoms with E-state index in [4.69, 9.17) is 11.6 Å². The normalized spacial score (nSPS) is 12.8. The third kappa shape index (κ3) is 2.71. The number of pyridine rings is 1. The quantitative estimate of drug-likeness (QED) is 0.838. The Balaban J connectivity index is 1.87. The summed E-state index contributed by atoms with van der Waals surface area (Å²) in [5, 5.41) is 5.55. The molecule has 5 nitrogen and oxygen atoms in total. The Morgan fingerprint density at radius 2 is 2.19 bits per heavy atom. The van der Waals surface area contributed by atoms with Gasteiger partial charge in [0.25, 0.3) is 5.91 Å². The van der Waals surface area contributed by atoms with E-state index in [0.29, 0.717) is 16.4 Å². The number of benzene rings is 1. The maximum atomic E-state index is 13.0. The summed E-state index contributed by atoms with van der Waals surface area (Å²) < 4.78 is 13.0. The first-order valence-electron chi connectivity index (χ1n) is 6.08. The first kappa shape index (κ1) is 13.5. The molecule has 2 heterocycles. The van der Waals surface area contributed by atoms with Gasteiger partial charge in [-0.2, -0.15) is 4.39 Å². The molecule has 1 aliphatic heterocycles. The predicted octanol–water partition coefficient (Wildman–Crippen LogP) is 2.62. The fraction of sp³-hybridized carbons (Fsp3) is 0.0714. The fourth-order valence-electron chi connectivity index (χ4n) is 2.08. The highest BCUT2D eigenvalue weighted by Gasteiger charge is 2.20. The van der Waals surface area contributed by atoms with Gasteiger partial charge in [-0.3, -0.25) is 9.59 Å². The van der Waals surface area contributed by atoms with Crippen molar-refractivity contribution in [3.8, 4) is 0 Å². The third-order valence-electron chi connectivity index (χ3n) is 3.05. The summed E-state index contributed by atoms with van der Waals surface area (Å²) in [6.07, 6.45) is 1.44. The Kier molecular flexibility index (Phi) is 3.31. The van der Waals surface area contributed by atoms with E-state index in [0.717, 1.165) is 11.6 Å². The lowest BCUT2D eigenvalue weighted by molar-refractivity contribution is -0.115. The molecule has 0 atom stereocenters. The lowest BCUT2D eigenvalue weighted by Gasteiger charge is -2.09. The second-order valence-electron chi connectivity index (χ2n) is 4.54. The third-order valence-corrected chi connectivity index (χ3v) is 3.37. The molecule has 1 aliphatic rings. The number of carbonyl (C=O) groups excluding carboxylic acids is 2. The van der Waals surface area contributed by atoms with Crippen LogP contribution in [-0.2, 0) is 11.2 Å². The molecule has 0 saturated heterocycles. The van der Waals surface area contributed by atoms with Crippen LogP contribution < -0.4 is 10.6 Å². The molecule has 0 bridgehead atoms. The highest BCUT2D eigenvalue weighted by molar-refractivity contribution is 6.34. The summed E-state index contributed by atoms with van der Waals surface area (Å²) in [7, 11) is 0. The van der Waals surface area contributed by atoms with Gasteiger partial charge in [-0.05, 0) is 23.8 Å². The number of rotatable bonds is 2. The predicted molar refractivity (Wildman–Crippen MR) is 75.9 cm³/mol. The highest BCUT2D eigenvalue weighted by Crippen LogP contribution is 2.33. The molecule has 0 aliphatic carbocycles. The van der Waals surface area contributed by atoms with E-state index in [1.807, 2.05) is 0 Å². The van der Waals surface area contributed by atoms with Gasteiger partial charge in [0.2, 0.25) is 11.9 Å². The van der Waals surface area contributed by atoms with Crippen molar-refractivity contribution < 1.29 is 14.0 Å². The minimum atomic E-state index is -0.738. The lowest BCUT2D eigenvalue weighted by atomic mass is 10.1. The number of carbonyl (C=O) groups is 2. The summed E-state index contributed by atoms with van der Waals surface area (Å²) >= 11 is 6.07. The maximum absolute atomic E-state index is 13.0. The number of nitrogens with zero attached hydrogens (tertiary/aromatic N) is 1. The van der Waals surface area contributed by atoms with E-state index in [2.05, 4.69) is 15.6 Å². The molecule has 7 heteroatoms. The van der Waals surface area contributed by atoms with Gasteiger partial charge >= 0.3 is 0 Å². The van der Waals surface area contributed by atoms with Crippen LogP contribution in [0.5, 0.6) is 0 Å². The number of anilines is 2. The van der Waals surface area contributed by atoms with Crippen LogP contribution in [0.1, 0.15) is 15.9 Å². The monoisotopic (exact) mass is 305 g/mol. The smallest absolute Gasteiger partial charge is 0.255 e. The average Bonchev–Trinajstić information content (AvgIpc) is 2.78. The maximum Gasteiger partial charge on any atom is 0.255 e. The molecule has 2 N–H and O–H groups in total. The van der Waals surface area contributed by atoms with Crippen LogP contribution in [-0.4, -0.2) is 16.8 Å². The van der Waals surface area contributed by atoms with Gasteiger partial charge in [0, 0.05) is 23.5 Å². The van der Waals surface area contributed by atoms with Crippen molar-refractivity contribution in [1.29, 1.82) is 0 Å². The van der Waals surface area contributed by atoms with Crippen molar-refractivity contribution >= 4 is 34.8 Å². The fourth-order valence-corrected chi connectivity index (χ4v) is 2.29. The minimum Gasteiger partial charge on any atom is -0.325 e. The highest BCUT2D eigenvalue weighted by atomic mass is 35.5. The Morgan fingerprint density at radius 1 is 1.38 bits per heavy atom. The van der Waals surface area contributed by atoms with Crippen LogP contribution in [0.4, 0.5) is 15.8 Å². The Morgan fingerprint density at radius 3 is 2.95 bits per heavy atom. The largest absolute Gasteiger partial charge is 0.325 e. The number of aromatic nitrogens is 1. The van der Waals surface area contributed by atoms with Crippen LogP contribution in [0, 0.1) is 5.95 Å². The van der Waals surface area contributed by atoms with Gasteiger partial charge in [-0.1, -0.05) is 11.6 Å². The summed E-state index contributed by atoms with van der Waals surface area (Å²) in [6, 6.07) is 5.63. The zero-order valence-corrected chi connectivity index (χ0v) is 11.4. The standard InChI is InChI=1S/C14H9ClFN3O2/c15-9-6-10-8(5-13(20)18-10)3-11(9)19-14(21)7-1-2-17-12(16)4-7/h1-4,6H,5H2,(H,18,20)(H,19,21). The molecule has 1 aromatic carbocycles. The second-order valence-corrected chi connectivity index (χ2v) is 4.94. The van der Waals surface area contributed by atoms with Crippen molar-refractivity contribution in [3.05, 3.63) is 52.6 Å². The summed E-state index contributed by atoms with van der Waals surface area (Å²) in [4.78, 5) is 26.7. The molecule has 1 aromatic heterocycles. The average molecular weight is 306 g/mol. The first-order chi connectivity index (χ1) is 10.0. The molecule has 3 rings (SSSR count). The van der Waals surface area contributed by atoms with Crippen LogP contribution in [0.15, 0.2) is 30.5 Å². The van der Waals surface area contributed by atoms with Gasteiger partial charge in [0.1, 0.15) is 0 Å². The Bertz CT molecular complexity index is 764. The molecule has 0 unspecified atom stereocenters. The van der Waals surface area contributed by atoms with E-state index in [1.165, 1.54) is 12.3 Å². The second kappa shape index (κ2) is 5.14. The number of nitrogens with one attached hydrogen (secondary N) is 2. The molecule has 0 saturated carbocycles. The Hall–Kier alpha value is -2.47. The van der Waals surface area contributed by atoms with Crippen molar-refractivity contribution in [3.63, 3.8) is 0 Å². The zero-order chi connectivity index (χ0) is 15.0. The van der Waals surface area contributed by atoms with E-state index in [1.54, 1.807) is 12.1 Å². The number of halogens is 2. The van der Waals surface area contributed by atoms with Gasteiger partial charge in [-0.25, -0.2) is 4.98 Å². The van der Waals surface area contributed by atoms with Crippen molar-refractivity contribution in [2.45, 2.75) is 6.42 Å². The number of fused-ring (bicyclic) bond motifs is 1. The van der Waals surface area contributed by atoms with Gasteiger partial charge in [0.15, 0.2) is 0 Å².